The Morgan fingerprint density at radius 2 is 1.83 bits per heavy atom. The maximum atomic E-state index is 11.5. The third kappa shape index (κ3) is 5.77. The van der Waals surface area contributed by atoms with Crippen molar-refractivity contribution < 1.29 is 9.53 Å². The number of halogens is 1. The third-order valence-corrected chi connectivity index (χ3v) is 2.60. The highest BCUT2D eigenvalue weighted by Gasteiger charge is 2.09. The number of carbonyl (C=O) groups is 1. The van der Waals surface area contributed by atoms with Crippen molar-refractivity contribution in [3.8, 4) is 0 Å². The second-order valence-electron chi connectivity index (χ2n) is 3.94. The molecule has 0 saturated carbocycles. The lowest BCUT2D eigenvalue weighted by atomic mass is 10.2. The Morgan fingerprint density at radius 1 is 1.28 bits per heavy atom. The number of nitrogens with two attached hydrogens (primary N) is 1. The first-order valence-corrected chi connectivity index (χ1v) is 5.94. The van der Waals surface area contributed by atoms with Crippen molar-refractivity contribution in [3.63, 3.8) is 0 Å². The van der Waals surface area contributed by atoms with E-state index in [0.717, 1.165) is 18.4 Å². The number of rotatable bonds is 5. The van der Waals surface area contributed by atoms with Gasteiger partial charge in [-0.3, -0.25) is 0 Å². The van der Waals surface area contributed by atoms with Gasteiger partial charge in [-0.05, 0) is 30.5 Å². The first-order valence-electron chi connectivity index (χ1n) is 5.94. The van der Waals surface area contributed by atoms with Gasteiger partial charge in [-0.25, -0.2) is 4.79 Å². The second-order valence-corrected chi connectivity index (χ2v) is 3.94. The van der Waals surface area contributed by atoms with Gasteiger partial charge in [0, 0.05) is 12.2 Å². The maximum Gasteiger partial charge on any atom is 0.407 e. The summed E-state index contributed by atoms with van der Waals surface area (Å²) in [4.78, 5) is 11.5. The minimum absolute atomic E-state index is 0. The molecule has 0 aliphatic heterocycles. The smallest absolute Gasteiger partial charge is 0.407 e. The fourth-order valence-corrected chi connectivity index (χ4v) is 1.46. The van der Waals surface area contributed by atoms with Gasteiger partial charge in [-0.15, -0.1) is 12.4 Å². The summed E-state index contributed by atoms with van der Waals surface area (Å²) in [6, 6.07) is 7.38. The molecule has 0 spiro atoms. The number of ether oxygens (including phenoxy) is 1. The number of hydrogen-bond donors (Lipinski definition) is 2. The van der Waals surface area contributed by atoms with Crippen LogP contribution in [0.2, 0.25) is 0 Å². The van der Waals surface area contributed by atoms with Crippen LogP contribution in [0.5, 0.6) is 0 Å². The number of anilines is 1. The van der Waals surface area contributed by atoms with Gasteiger partial charge < -0.3 is 15.8 Å². The molecule has 0 bridgehead atoms. The second kappa shape index (κ2) is 8.64. The summed E-state index contributed by atoms with van der Waals surface area (Å²) in [5.74, 6) is 0. The van der Waals surface area contributed by atoms with Crippen LogP contribution in [0.3, 0.4) is 0 Å². The van der Waals surface area contributed by atoms with Crippen LogP contribution in [0.15, 0.2) is 24.3 Å². The Bertz CT molecular complexity index is 351. The molecule has 1 aromatic carbocycles. The molecule has 0 heterocycles. The van der Waals surface area contributed by atoms with Crippen molar-refractivity contribution in [2.24, 2.45) is 0 Å². The van der Waals surface area contributed by atoms with E-state index >= 15 is 0 Å². The number of hydrogen-bond acceptors (Lipinski definition) is 3. The first kappa shape index (κ1) is 16.6. The molecular formula is C13H21ClN2O2. The SMILES string of the molecule is CCC(CC)OC(=O)NCc1ccc(N)cc1.Cl. The first-order chi connectivity index (χ1) is 8.15. The normalized spacial score (nSPS) is 9.72. The van der Waals surface area contributed by atoms with Crippen LogP contribution >= 0.6 is 12.4 Å². The lowest BCUT2D eigenvalue weighted by molar-refractivity contribution is 0.0926. The highest BCUT2D eigenvalue weighted by atomic mass is 35.5. The number of benzene rings is 1. The predicted molar refractivity (Wildman–Crippen MR) is 75.8 cm³/mol. The van der Waals surface area contributed by atoms with Crippen molar-refractivity contribution >= 4 is 24.2 Å². The fraction of sp³-hybridized carbons (Fsp3) is 0.462. The molecule has 1 aromatic rings. The van der Waals surface area contributed by atoms with Gasteiger partial charge in [-0.2, -0.15) is 0 Å². The summed E-state index contributed by atoms with van der Waals surface area (Å²) in [5, 5.41) is 2.72. The number of nitrogen functional groups attached to an aromatic ring is 1. The van der Waals surface area contributed by atoms with E-state index in [1.807, 2.05) is 38.1 Å². The van der Waals surface area contributed by atoms with Crippen LogP contribution in [0.25, 0.3) is 0 Å². The molecule has 0 aromatic heterocycles. The van der Waals surface area contributed by atoms with Crippen LogP contribution in [0.4, 0.5) is 10.5 Å². The molecule has 0 radical (unpaired) electrons. The monoisotopic (exact) mass is 272 g/mol. The van der Waals surface area contributed by atoms with Crippen LogP contribution in [-0.4, -0.2) is 12.2 Å². The molecular weight excluding hydrogens is 252 g/mol. The molecule has 18 heavy (non-hydrogen) atoms. The van der Waals surface area contributed by atoms with Gasteiger partial charge in [-0.1, -0.05) is 26.0 Å². The van der Waals surface area contributed by atoms with E-state index in [1.165, 1.54) is 0 Å². The van der Waals surface area contributed by atoms with E-state index in [0.29, 0.717) is 12.2 Å². The number of amides is 1. The lowest BCUT2D eigenvalue weighted by Crippen LogP contribution is -2.28. The molecule has 0 aliphatic carbocycles. The van der Waals surface area contributed by atoms with Gasteiger partial charge in [0.1, 0.15) is 6.10 Å². The highest BCUT2D eigenvalue weighted by Crippen LogP contribution is 2.06. The van der Waals surface area contributed by atoms with E-state index in [1.54, 1.807) is 0 Å². The quantitative estimate of drug-likeness (QED) is 0.810. The van der Waals surface area contributed by atoms with Gasteiger partial charge in [0.2, 0.25) is 0 Å². The molecule has 102 valence electrons. The molecule has 0 saturated heterocycles. The topological polar surface area (TPSA) is 64.3 Å². The summed E-state index contributed by atoms with van der Waals surface area (Å²) in [6.07, 6.45) is 1.31. The van der Waals surface area contributed by atoms with E-state index < -0.39 is 0 Å². The average Bonchev–Trinajstić information content (AvgIpc) is 2.35. The van der Waals surface area contributed by atoms with Crippen molar-refractivity contribution in [2.45, 2.75) is 39.3 Å². The number of alkyl carbamates (subject to hydrolysis) is 1. The lowest BCUT2D eigenvalue weighted by Gasteiger charge is -2.14. The molecule has 0 aliphatic rings. The molecule has 0 unspecified atom stereocenters. The Labute approximate surface area is 114 Å². The Kier molecular flexibility index (Phi) is 7.96. The molecule has 1 amide bonds. The predicted octanol–water partition coefficient (Wildman–Crippen LogP) is 3.11. The summed E-state index contributed by atoms with van der Waals surface area (Å²) < 4.78 is 5.22. The summed E-state index contributed by atoms with van der Waals surface area (Å²) in [6.45, 7) is 4.46. The summed E-state index contributed by atoms with van der Waals surface area (Å²) >= 11 is 0. The minimum Gasteiger partial charge on any atom is -0.446 e. The number of nitrogens with one attached hydrogen (secondary N) is 1. The Balaban J connectivity index is 0.00000289. The summed E-state index contributed by atoms with van der Waals surface area (Å²) in [7, 11) is 0. The van der Waals surface area contributed by atoms with Crippen molar-refractivity contribution in [3.05, 3.63) is 29.8 Å². The Morgan fingerprint density at radius 3 is 2.33 bits per heavy atom. The van der Waals surface area contributed by atoms with Crippen molar-refractivity contribution in [2.75, 3.05) is 5.73 Å². The standard InChI is InChI=1S/C13H20N2O2.ClH/c1-3-12(4-2)17-13(16)15-9-10-5-7-11(14)8-6-10;/h5-8,12H,3-4,9,14H2,1-2H3,(H,15,16);1H. The largest absolute Gasteiger partial charge is 0.446 e. The molecule has 0 fully saturated rings. The van der Waals surface area contributed by atoms with Crippen LogP contribution in [0.1, 0.15) is 32.3 Å². The molecule has 3 N–H and O–H groups in total. The third-order valence-electron chi connectivity index (χ3n) is 2.60. The number of carbonyl (C=O) groups excluding carboxylic acids is 1. The van der Waals surface area contributed by atoms with Crippen LogP contribution < -0.4 is 11.1 Å². The van der Waals surface area contributed by atoms with Crippen LogP contribution in [-0.2, 0) is 11.3 Å². The van der Waals surface area contributed by atoms with E-state index in [2.05, 4.69) is 5.32 Å². The van der Waals surface area contributed by atoms with Gasteiger partial charge in [0.05, 0.1) is 0 Å². The zero-order valence-electron chi connectivity index (χ0n) is 10.8. The highest BCUT2D eigenvalue weighted by molar-refractivity contribution is 5.85. The average molecular weight is 273 g/mol. The zero-order chi connectivity index (χ0) is 12.7. The molecule has 1 rings (SSSR count). The minimum atomic E-state index is -0.365. The fourth-order valence-electron chi connectivity index (χ4n) is 1.46. The molecule has 0 atom stereocenters. The summed E-state index contributed by atoms with van der Waals surface area (Å²) in [5.41, 5.74) is 7.29. The van der Waals surface area contributed by atoms with E-state index in [4.69, 9.17) is 10.5 Å². The van der Waals surface area contributed by atoms with Crippen molar-refractivity contribution in [1.29, 1.82) is 0 Å². The van der Waals surface area contributed by atoms with Gasteiger partial charge in [0.15, 0.2) is 0 Å². The maximum absolute atomic E-state index is 11.5. The van der Waals surface area contributed by atoms with Gasteiger partial charge >= 0.3 is 6.09 Å². The molecule has 4 nitrogen and oxygen atoms in total. The van der Waals surface area contributed by atoms with Gasteiger partial charge in [0.25, 0.3) is 0 Å². The Hall–Kier alpha value is -1.42. The van der Waals surface area contributed by atoms with Crippen molar-refractivity contribution in [1.82, 2.24) is 5.32 Å². The molecule has 5 heteroatoms. The van der Waals surface area contributed by atoms with Crippen LogP contribution in [0, 0.1) is 0 Å². The van der Waals surface area contributed by atoms with E-state index in [9.17, 15) is 4.79 Å². The zero-order valence-corrected chi connectivity index (χ0v) is 11.6. The van der Waals surface area contributed by atoms with E-state index in [-0.39, 0.29) is 24.6 Å².